The maximum atomic E-state index is 13.2. The molecule has 2 heterocycles. The zero-order valence-electron chi connectivity index (χ0n) is 19.9. The standard InChI is InChI=1S/C28H34N4O2/c1-19-5-2-3-8-25(19)32-16-15-30-28(34)26(32)18-27(33)31-24-7-4-6-22-17-21(9-10-23(22)24)20-11-13-29-14-12-20/h2-3,5,8-11,17,24,26,29H,4,6-7,12-16,18H2,1H3,(H,30,34)(H,31,33)/t24-,26-/m1/s1. The molecule has 2 aromatic carbocycles. The van der Waals surface area contributed by atoms with E-state index in [1.807, 2.05) is 31.2 Å². The van der Waals surface area contributed by atoms with Gasteiger partial charge in [-0.2, -0.15) is 0 Å². The summed E-state index contributed by atoms with van der Waals surface area (Å²) in [5, 5.41) is 9.57. The van der Waals surface area contributed by atoms with Gasteiger partial charge in [-0.3, -0.25) is 9.59 Å². The fourth-order valence-electron chi connectivity index (χ4n) is 5.57. The van der Waals surface area contributed by atoms with Crippen LogP contribution >= 0.6 is 0 Å². The molecule has 0 unspecified atom stereocenters. The number of aryl methyl sites for hydroxylation is 2. The topological polar surface area (TPSA) is 73.5 Å². The molecule has 0 saturated carbocycles. The lowest BCUT2D eigenvalue weighted by molar-refractivity contribution is -0.128. The van der Waals surface area contributed by atoms with Crippen molar-refractivity contribution in [3.05, 3.63) is 70.8 Å². The number of benzene rings is 2. The van der Waals surface area contributed by atoms with Crippen molar-refractivity contribution in [2.75, 3.05) is 31.1 Å². The zero-order valence-corrected chi connectivity index (χ0v) is 19.9. The highest BCUT2D eigenvalue weighted by Crippen LogP contribution is 2.33. The molecule has 3 aliphatic rings. The van der Waals surface area contributed by atoms with Gasteiger partial charge in [0.1, 0.15) is 6.04 Å². The molecule has 1 saturated heterocycles. The van der Waals surface area contributed by atoms with Crippen molar-refractivity contribution in [2.45, 2.75) is 51.1 Å². The van der Waals surface area contributed by atoms with Crippen LogP contribution in [-0.2, 0) is 16.0 Å². The number of hydrogen-bond donors (Lipinski definition) is 3. The highest BCUT2D eigenvalue weighted by molar-refractivity contribution is 5.92. The summed E-state index contributed by atoms with van der Waals surface area (Å²) in [6.07, 6.45) is 6.53. The van der Waals surface area contributed by atoms with Gasteiger partial charge < -0.3 is 20.9 Å². The van der Waals surface area contributed by atoms with E-state index in [2.05, 4.69) is 45.1 Å². The molecule has 5 rings (SSSR count). The molecule has 178 valence electrons. The van der Waals surface area contributed by atoms with Crippen LogP contribution in [0.5, 0.6) is 0 Å². The summed E-state index contributed by atoms with van der Waals surface area (Å²) in [4.78, 5) is 28.0. The number of carbonyl (C=O) groups excluding carboxylic acids is 2. The fourth-order valence-corrected chi connectivity index (χ4v) is 5.57. The van der Waals surface area contributed by atoms with Crippen LogP contribution in [-0.4, -0.2) is 44.0 Å². The number of anilines is 1. The summed E-state index contributed by atoms with van der Waals surface area (Å²) in [5.41, 5.74) is 7.42. The Labute approximate surface area is 201 Å². The van der Waals surface area contributed by atoms with E-state index in [1.54, 1.807) is 0 Å². The van der Waals surface area contributed by atoms with Gasteiger partial charge in [0.2, 0.25) is 11.8 Å². The van der Waals surface area contributed by atoms with Crippen molar-refractivity contribution in [2.24, 2.45) is 0 Å². The molecule has 34 heavy (non-hydrogen) atoms. The molecule has 2 aromatic rings. The molecule has 0 bridgehead atoms. The van der Waals surface area contributed by atoms with Crippen molar-refractivity contribution in [1.82, 2.24) is 16.0 Å². The lowest BCUT2D eigenvalue weighted by Gasteiger charge is -2.37. The van der Waals surface area contributed by atoms with Gasteiger partial charge in [-0.05, 0) is 73.0 Å². The first-order valence-corrected chi connectivity index (χ1v) is 12.5. The quantitative estimate of drug-likeness (QED) is 0.643. The van der Waals surface area contributed by atoms with E-state index < -0.39 is 6.04 Å². The minimum Gasteiger partial charge on any atom is -0.357 e. The number of hydrogen-bond acceptors (Lipinski definition) is 4. The van der Waals surface area contributed by atoms with Crippen LogP contribution in [0.3, 0.4) is 0 Å². The van der Waals surface area contributed by atoms with E-state index in [-0.39, 0.29) is 24.3 Å². The Kier molecular flexibility index (Phi) is 6.68. The molecule has 6 heteroatoms. The smallest absolute Gasteiger partial charge is 0.243 e. The van der Waals surface area contributed by atoms with E-state index in [0.29, 0.717) is 13.1 Å². The maximum Gasteiger partial charge on any atom is 0.243 e. The van der Waals surface area contributed by atoms with E-state index >= 15 is 0 Å². The predicted molar refractivity (Wildman–Crippen MR) is 136 cm³/mol. The molecule has 2 aliphatic heterocycles. The van der Waals surface area contributed by atoms with Crippen LogP contribution < -0.4 is 20.9 Å². The van der Waals surface area contributed by atoms with E-state index in [0.717, 1.165) is 50.0 Å². The summed E-state index contributed by atoms with van der Waals surface area (Å²) in [6.45, 7) is 5.30. The van der Waals surface area contributed by atoms with Crippen molar-refractivity contribution >= 4 is 23.1 Å². The summed E-state index contributed by atoms with van der Waals surface area (Å²) >= 11 is 0. The van der Waals surface area contributed by atoms with Crippen molar-refractivity contribution in [3.63, 3.8) is 0 Å². The number of carbonyl (C=O) groups is 2. The zero-order chi connectivity index (χ0) is 23.5. The third-order valence-corrected chi connectivity index (χ3v) is 7.36. The molecular formula is C28H34N4O2. The van der Waals surface area contributed by atoms with Crippen LogP contribution in [0.4, 0.5) is 5.69 Å². The normalized spacial score (nSPS) is 22.4. The van der Waals surface area contributed by atoms with Crippen LogP contribution in [0.2, 0.25) is 0 Å². The van der Waals surface area contributed by atoms with Crippen molar-refractivity contribution < 1.29 is 9.59 Å². The number of piperazine rings is 1. The van der Waals surface area contributed by atoms with Crippen molar-refractivity contribution in [1.29, 1.82) is 0 Å². The molecule has 6 nitrogen and oxygen atoms in total. The predicted octanol–water partition coefficient (Wildman–Crippen LogP) is 3.26. The van der Waals surface area contributed by atoms with E-state index in [4.69, 9.17) is 0 Å². The monoisotopic (exact) mass is 458 g/mol. The van der Waals surface area contributed by atoms with Crippen molar-refractivity contribution in [3.8, 4) is 0 Å². The summed E-state index contributed by atoms with van der Waals surface area (Å²) in [6, 6.07) is 14.3. The molecular weight excluding hydrogens is 424 g/mol. The lowest BCUT2D eigenvalue weighted by atomic mass is 9.85. The third-order valence-electron chi connectivity index (χ3n) is 7.36. The van der Waals surface area contributed by atoms with E-state index in [1.165, 1.54) is 22.3 Å². The number of para-hydroxylation sites is 1. The number of fused-ring (bicyclic) bond motifs is 1. The number of rotatable bonds is 5. The number of nitrogens with one attached hydrogen (secondary N) is 3. The lowest BCUT2D eigenvalue weighted by Crippen LogP contribution is -2.57. The highest BCUT2D eigenvalue weighted by atomic mass is 16.2. The van der Waals surface area contributed by atoms with Gasteiger partial charge in [0, 0.05) is 25.3 Å². The fraction of sp³-hybridized carbons (Fsp3) is 0.429. The van der Waals surface area contributed by atoms with Gasteiger partial charge in [-0.15, -0.1) is 0 Å². The van der Waals surface area contributed by atoms with Gasteiger partial charge in [-0.25, -0.2) is 0 Å². The Bertz CT molecular complexity index is 1110. The SMILES string of the molecule is Cc1ccccc1N1CCNC(=O)[C@H]1CC(=O)N[C@@H]1CCCc2cc(C3=CCNCC3)ccc21. The van der Waals surface area contributed by atoms with Gasteiger partial charge >= 0.3 is 0 Å². The Balaban J connectivity index is 1.30. The molecule has 2 atom stereocenters. The average molecular weight is 459 g/mol. The average Bonchev–Trinajstić information content (AvgIpc) is 2.86. The molecule has 1 fully saturated rings. The Morgan fingerprint density at radius 1 is 1.15 bits per heavy atom. The molecule has 1 aliphatic carbocycles. The van der Waals surface area contributed by atoms with Gasteiger partial charge in [0.25, 0.3) is 0 Å². The highest BCUT2D eigenvalue weighted by Gasteiger charge is 2.33. The largest absolute Gasteiger partial charge is 0.357 e. The van der Waals surface area contributed by atoms with Crippen LogP contribution in [0.25, 0.3) is 5.57 Å². The molecule has 0 radical (unpaired) electrons. The Hall–Kier alpha value is -3.12. The molecule has 0 aromatic heterocycles. The number of amides is 2. The first kappa shape index (κ1) is 22.7. The minimum atomic E-state index is -0.493. The second-order valence-electron chi connectivity index (χ2n) is 9.60. The Morgan fingerprint density at radius 3 is 2.85 bits per heavy atom. The maximum absolute atomic E-state index is 13.2. The van der Waals surface area contributed by atoms with Gasteiger partial charge in [0.05, 0.1) is 12.5 Å². The minimum absolute atomic E-state index is 0.00543. The second kappa shape index (κ2) is 10.0. The molecule has 3 N–H and O–H groups in total. The first-order valence-electron chi connectivity index (χ1n) is 12.5. The summed E-state index contributed by atoms with van der Waals surface area (Å²) in [5.74, 6) is -0.141. The first-order chi connectivity index (χ1) is 16.6. The van der Waals surface area contributed by atoms with Crippen LogP contribution in [0, 0.1) is 6.92 Å². The molecule has 0 spiro atoms. The second-order valence-corrected chi connectivity index (χ2v) is 9.60. The van der Waals surface area contributed by atoms with Crippen LogP contribution in [0.1, 0.15) is 54.0 Å². The third kappa shape index (κ3) is 4.73. The number of nitrogens with zero attached hydrogens (tertiary/aromatic N) is 1. The van der Waals surface area contributed by atoms with Crippen LogP contribution in [0.15, 0.2) is 48.5 Å². The van der Waals surface area contributed by atoms with Gasteiger partial charge in [0.15, 0.2) is 0 Å². The summed E-state index contributed by atoms with van der Waals surface area (Å²) in [7, 11) is 0. The van der Waals surface area contributed by atoms with Gasteiger partial charge in [-0.1, -0.05) is 42.5 Å². The molecule has 2 amide bonds. The Morgan fingerprint density at radius 2 is 2.03 bits per heavy atom. The van der Waals surface area contributed by atoms with E-state index in [9.17, 15) is 9.59 Å². The summed E-state index contributed by atoms with van der Waals surface area (Å²) < 4.78 is 0.